The summed E-state index contributed by atoms with van der Waals surface area (Å²) in [4.78, 5) is 83.0. The molecule has 12 rings (SSSR count). The maximum atomic E-state index is 14.7. The van der Waals surface area contributed by atoms with E-state index in [0.29, 0.717) is 107 Å². The monoisotopic (exact) mass is 1600 g/mol. The Morgan fingerprint density at radius 3 is 2.29 bits per heavy atom. The topological polar surface area (TPSA) is 270 Å². The minimum absolute atomic E-state index is 0.0127. The molecule has 586 valence electrons. The molecule has 6 aromatic rings. The van der Waals surface area contributed by atoms with Gasteiger partial charge < -0.3 is 45.2 Å². The lowest BCUT2D eigenvalue weighted by Crippen LogP contribution is -2.58. The van der Waals surface area contributed by atoms with Crippen LogP contribution < -0.4 is 35.0 Å². The van der Waals surface area contributed by atoms with Crippen LogP contribution in [0, 0.1) is 10.8 Å². The number of ether oxygens (including phenoxy) is 2. The van der Waals surface area contributed by atoms with Crippen molar-refractivity contribution in [2.45, 2.75) is 175 Å². The average Bonchev–Trinajstić information content (AvgIpc) is 1.35. The molecule has 0 spiro atoms. The Bertz CT molecular complexity index is 4590. The average molecular weight is 1600 g/mol. The van der Waals surface area contributed by atoms with Crippen molar-refractivity contribution >= 4 is 101 Å². The third kappa shape index (κ3) is 19.6. The summed E-state index contributed by atoms with van der Waals surface area (Å²) in [5.74, 6) is -1.54. The molecule has 30 heteroatoms. The number of sulfonamides is 1. The number of nitrogens with one attached hydrogen (secondary N) is 4. The SMILES string of the molecule is C[C@H](C(=O)N[C@@H]1C[C@@H](O)CN1C(=O)[C@@H](NC(=O)CCCCCCC(=O)N1CCN(CC[C@H](CSc2ccccc2)Nc2ccc(S(=O)(=O)NC(=O)c3ccc4c(c3)OC[C@@H]3CN(CC5=C(c6ccc(Cl)cc6)CCC(C)(C)C5)CCN43)cc2S(=O)(=O)C(F)(F)F)CC1)C(C)(C)C)c1ccc2c(c1)OCc1ncsc1-2. The van der Waals surface area contributed by atoms with E-state index < -0.39 is 88.3 Å². The van der Waals surface area contributed by atoms with Gasteiger partial charge in [-0.3, -0.25) is 33.8 Å². The van der Waals surface area contributed by atoms with Crippen LogP contribution in [0.4, 0.5) is 24.5 Å². The molecule has 3 saturated heterocycles. The number of sulfone groups is 1. The van der Waals surface area contributed by atoms with Crippen molar-refractivity contribution in [1.29, 1.82) is 0 Å². The third-order valence-electron chi connectivity index (χ3n) is 21.4. The number of carbonyl (C=O) groups is 5. The Morgan fingerprint density at radius 2 is 1.56 bits per heavy atom. The number of alkyl halides is 3. The first-order valence-corrected chi connectivity index (χ1v) is 42.5. The number of likely N-dealkylation sites (tertiary alicyclic amines) is 1. The molecule has 109 heavy (non-hydrogen) atoms. The van der Waals surface area contributed by atoms with Gasteiger partial charge in [0.2, 0.25) is 23.6 Å². The van der Waals surface area contributed by atoms with E-state index in [1.807, 2.05) is 86.2 Å². The number of unbranched alkanes of at least 4 members (excludes halogenated alkanes) is 3. The standard InChI is InChI=1S/C79H96ClF3N10O12S4/c1-50(52-20-25-62-66(38-52)105-47-64-72(62)107-49-84-64)74(97)86-69-40-58(94)45-93(69)76(99)73(77(2,3)4)87-70(95)16-12-7-8-13-17-71(96)91-35-32-89(33-36-91)31-29-56(48-106-59-14-10-9-11-15-59)85-63-26-24-60(41-68(63)108(100,101)79(81,82)83)109(102,103)88-75(98)53-21-27-65-67(39-53)104-46-57-44-90(34-37-92(57)65)43-54-42-78(5,6)30-28-61(54)51-18-22-55(80)23-19-51/h9-11,14-15,18-27,38-39,41,49-50,56-58,69,73,85,94H,7-8,12-13,16-17,28-37,40,42-48H2,1-6H3,(H,86,97)(H,87,95)(H,88,98)/t50-,56+,57-,58+,69-,73+/m0/s1. The summed E-state index contributed by atoms with van der Waals surface area (Å²) in [6, 6.07) is 28.1. The van der Waals surface area contributed by atoms with E-state index in [1.54, 1.807) is 23.4 Å². The maximum Gasteiger partial charge on any atom is 0.501 e. The fourth-order valence-electron chi connectivity index (χ4n) is 15.2. The van der Waals surface area contributed by atoms with Crippen molar-refractivity contribution in [2.75, 3.05) is 88.0 Å². The second-order valence-electron chi connectivity index (χ2n) is 31.1. The molecular formula is C79H96ClF3N10O12S4. The smallest absolute Gasteiger partial charge is 0.489 e. The number of aliphatic hydroxyl groups excluding tert-OH is 1. The second-order valence-corrected chi connectivity index (χ2v) is 37.1. The predicted molar refractivity (Wildman–Crippen MR) is 416 cm³/mol. The van der Waals surface area contributed by atoms with Gasteiger partial charge in [0.05, 0.1) is 50.4 Å². The molecule has 1 aromatic heterocycles. The number of allylic oxidation sites excluding steroid dienone is 1. The van der Waals surface area contributed by atoms with Gasteiger partial charge in [0, 0.05) is 118 Å². The van der Waals surface area contributed by atoms with Gasteiger partial charge in [0.1, 0.15) is 41.8 Å². The summed E-state index contributed by atoms with van der Waals surface area (Å²) in [5.41, 5.74) is 1.96. The highest BCUT2D eigenvalue weighted by Gasteiger charge is 2.49. The summed E-state index contributed by atoms with van der Waals surface area (Å²) >= 11 is 9.17. The highest BCUT2D eigenvalue weighted by molar-refractivity contribution is 7.99. The van der Waals surface area contributed by atoms with E-state index in [4.69, 9.17) is 21.1 Å². The van der Waals surface area contributed by atoms with E-state index in [0.717, 1.165) is 83.3 Å². The van der Waals surface area contributed by atoms with Crippen LogP contribution in [-0.2, 0) is 45.6 Å². The number of aliphatic hydroxyl groups is 1. The lowest BCUT2D eigenvalue weighted by Gasteiger charge is -2.46. The van der Waals surface area contributed by atoms with E-state index in [9.17, 15) is 59.1 Å². The number of nitrogens with zero attached hydrogens (tertiary/aromatic N) is 6. The number of thiazole rings is 1. The number of thioether (sulfide) groups is 1. The summed E-state index contributed by atoms with van der Waals surface area (Å²) in [5, 5.41) is 20.4. The fourth-order valence-corrected chi connectivity index (χ4v) is 19.2. The number of fused-ring (bicyclic) bond motifs is 6. The third-order valence-corrected chi connectivity index (χ3v) is 26.6. The molecule has 0 saturated carbocycles. The summed E-state index contributed by atoms with van der Waals surface area (Å²) in [7, 11) is -11.2. The maximum absolute atomic E-state index is 14.7. The second kappa shape index (κ2) is 34.1. The largest absolute Gasteiger partial charge is 0.501 e. The van der Waals surface area contributed by atoms with Crippen molar-refractivity contribution in [1.82, 2.24) is 39.9 Å². The van der Waals surface area contributed by atoms with Crippen LogP contribution in [-0.4, -0.2) is 190 Å². The van der Waals surface area contributed by atoms with Gasteiger partial charge in [-0.1, -0.05) is 101 Å². The first-order chi connectivity index (χ1) is 51.8. The Hall–Kier alpha value is -7.77. The predicted octanol–water partition coefficient (Wildman–Crippen LogP) is 12.1. The number of β-amino-alcohol motifs (C(OH)–C–C–N with tert-alkyl or cyclic N) is 1. The summed E-state index contributed by atoms with van der Waals surface area (Å²) in [6.07, 6.45) is 4.61. The first kappa shape index (κ1) is 80.7. The molecule has 5 N–H and O–H groups in total. The number of carbonyl (C=O) groups excluding carboxylic acids is 5. The van der Waals surface area contributed by atoms with Gasteiger partial charge >= 0.3 is 5.51 Å². The Kier molecular flexibility index (Phi) is 25.2. The van der Waals surface area contributed by atoms with Gasteiger partial charge in [0.25, 0.3) is 25.8 Å². The molecule has 5 aliphatic heterocycles. The van der Waals surface area contributed by atoms with Gasteiger partial charge in [-0.05, 0) is 146 Å². The lowest BCUT2D eigenvalue weighted by molar-refractivity contribution is -0.141. The number of halogens is 4. The summed E-state index contributed by atoms with van der Waals surface area (Å²) < 4.78 is 113. The molecule has 5 amide bonds. The number of rotatable bonds is 27. The first-order valence-electron chi connectivity index (χ1n) is 37.2. The van der Waals surface area contributed by atoms with Crippen molar-refractivity contribution in [3.63, 3.8) is 0 Å². The number of hydrogen-bond donors (Lipinski definition) is 5. The van der Waals surface area contributed by atoms with Crippen LogP contribution in [0.1, 0.15) is 145 Å². The fraction of sp³-hybridized carbons (Fsp3) is 0.494. The number of amides is 5. The van der Waals surface area contributed by atoms with Crippen LogP contribution in [0.5, 0.6) is 11.5 Å². The Morgan fingerprint density at radius 1 is 0.826 bits per heavy atom. The molecule has 0 radical (unpaired) electrons. The van der Waals surface area contributed by atoms with E-state index in [-0.39, 0.29) is 66.3 Å². The van der Waals surface area contributed by atoms with E-state index in [2.05, 4.69) is 61.6 Å². The molecule has 3 fully saturated rings. The number of piperazine rings is 2. The number of hydrogen-bond acceptors (Lipinski definition) is 19. The van der Waals surface area contributed by atoms with Crippen molar-refractivity contribution < 1.29 is 68.6 Å². The van der Waals surface area contributed by atoms with Gasteiger partial charge in [-0.15, -0.1) is 23.1 Å². The van der Waals surface area contributed by atoms with Crippen molar-refractivity contribution in [3.05, 3.63) is 148 Å². The zero-order chi connectivity index (χ0) is 77.7. The highest BCUT2D eigenvalue weighted by Crippen LogP contribution is 2.46. The van der Waals surface area contributed by atoms with Gasteiger partial charge in [-0.25, -0.2) is 26.5 Å². The molecule has 6 aliphatic rings. The number of benzene rings is 5. The minimum atomic E-state index is -6.20. The molecule has 22 nitrogen and oxygen atoms in total. The van der Waals surface area contributed by atoms with Gasteiger partial charge in [0.15, 0.2) is 0 Å². The van der Waals surface area contributed by atoms with Crippen molar-refractivity contribution in [3.8, 4) is 21.9 Å². The van der Waals surface area contributed by atoms with Crippen molar-refractivity contribution in [2.24, 2.45) is 10.8 Å². The number of anilines is 2. The number of aromatic nitrogens is 1. The lowest BCUT2D eigenvalue weighted by atomic mass is 9.72. The van der Waals surface area contributed by atoms with Crippen LogP contribution >= 0.6 is 34.7 Å². The normalized spacial score (nSPS) is 19.8. The molecule has 1 aliphatic carbocycles. The zero-order valence-corrected chi connectivity index (χ0v) is 66.2. The quantitative estimate of drug-likeness (QED) is 0.0237. The molecular weight excluding hydrogens is 1500 g/mol. The zero-order valence-electron chi connectivity index (χ0n) is 62.2. The molecule has 6 heterocycles. The molecule has 0 unspecified atom stereocenters. The van der Waals surface area contributed by atoms with Crippen LogP contribution in [0.2, 0.25) is 5.02 Å². The Balaban J connectivity index is 0.604. The molecule has 0 bridgehead atoms. The van der Waals surface area contributed by atoms with Crippen LogP contribution in [0.3, 0.4) is 0 Å². The van der Waals surface area contributed by atoms with Gasteiger partial charge in [-0.2, -0.15) is 13.2 Å². The minimum Gasteiger partial charge on any atom is -0.489 e. The van der Waals surface area contributed by atoms with Crippen LogP contribution in [0.15, 0.2) is 135 Å². The molecule has 5 aromatic carbocycles. The van der Waals surface area contributed by atoms with E-state index >= 15 is 0 Å². The van der Waals surface area contributed by atoms with Crippen LogP contribution in [0.25, 0.3) is 16.0 Å². The summed E-state index contributed by atoms with van der Waals surface area (Å²) in [6.45, 7) is 17.7. The van der Waals surface area contributed by atoms with E-state index in [1.165, 1.54) is 56.8 Å². The Labute approximate surface area is 649 Å². The highest BCUT2D eigenvalue weighted by atomic mass is 35.5. The molecule has 6 atom stereocenters.